The Morgan fingerprint density at radius 1 is 1.26 bits per heavy atom. The number of carbonyl (C=O) groups is 1. The number of nitrogens with zero attached hydrogens (tertiary/aromatic N) is 2. The van der Waals surface area contributed by atoms with Crippen LogP contribution in [0.1, 0.15) is 21.6 Å². The third-order valence-electron chi connectivity index (χ3n) is 2.59. The zero-order valence-corrected chi connectivity index (χ0v) is 9.70. The highest BCUT2D eigenvalue weighted by Crippen LogP contribution is 2.32. The van der Waals surface area contributed by atoms with Gasteiger partial charge < -0.3 is 0 Å². The van der Waals surface area contributed by atoms with Crippen LogP contribution in [0.4, 0.5) is 17.6 Å². The Labute approximate surface area is 105 Å². The highest BCUT2D eigenvalue weighted by atomic mass is 19.4. The molecule has 0 saturated carbocycles. The van der Waals surface area contributed by atoms with Gasteiger partial charge in [0.1, 0.15) is 11.5 Å². The smallest absolute Gasteiger partial charge is 0.287 e. The zero-order chi connectivity index (χ0) is 14.2. The van der Waals surface area contributed by atoms with Crippen LogP contribution in [0, 0.1) is 5.82 Å². The van der Waals surface area contributed by atoms with Crippen molar-refractivity contribution in [3.63, 3.8) is 0 Å². The molecule has 0 spiro atoms. The van der Waals surface area contributed by atoms with Gasteiger partial charge in [-0.15, -0.1) is 0 Å². The van der Waals surface area contributed by atoms with Crippen LogP contribution in [0.3, 0.4) is 0 Å². The lowest BCUT2D eigenvalue weighted by Crippen LogP contribution is -2.12. The van der Waals surface area contributed by atoms with E-state index in [-0.39, 0.29) is 11.3 Å². The standard InChI is InChI=1S/C12H8F4N2O/c1-18-10(4-5-17-18)11(19)7-2-3-9(13)8(6-7)12(14,15)16/h2-6H,1H3. The fourth-order valence-electron chi connectivity index (χ4n) is 1.63. The molecule has 3 nitrogen and oxygen atoms in total. The minimum atomic E-state index is -4.84. The summed E-state index contributed by atoms with van der Waals surface area (Å²) in [6, 6.07) is 3.52. The number of ketones is 1. The van der Waals surface area contributed by atoms with Crippen molar-refractivity contribution in [3.8, 4) is 0 Å². The number of alkyl halides is 3. The average molecular weight is 272 g/mol. The molecule has 0 aliphatic heterocycles. The van der Waals surface area contributed by atoms with Crippen molar-refractivity contribution in [1.29, 1.82) is 0 Å². The first kappa shape index (κ1) is 13.3. The van der Waals surface area contributed by atoms with Gasteiger partial charge in [0.2, 0.25) is 5.78 Å². The second-order valence-corrected chi connectivity index (χ2v) is 3.86. The van der Waals surface area contributed by atoms with Crippen molar-refractivity contribution >= 4 is 5.78 Å². The van der Waals surface area contributed by atoms with Crippen molar-refractivity contribution < 1.29 is 22.4 Å². The Balaban J connectivity index is 2.48. The molecule has 1 heterocycles. The lowest BCUT2D eigenvalue weighted by molar-refractivity contribution is -0.140. The van der Waals surface area contributed by atoms with E-state index < -0.39 is 23.3 Å². The van der Waals surface area contributed by atoms with E-state index in [2.05, 4.69) is 5.10 Å². The zero-order valence-electron chi connectivity index (χ0n) is 9.70. The van der Waals surface area contributed by atoms with Crippen molar-refractivity contribution in [3.05, 3.63) is 53.1 Å². The molecule has 0 amide bonds. The number of aryl methyl sites for hydroxylation is 1. The van der Waals surface area contributed by atoms with E-state index in [0.29, 0.717) is 12.1 Å². The summed E-state index contributed by atoms with van der Waals surface area (Å²) in [5.41, 5.74) is -1.57. The highest BCUT2D eigenvalue weighted by Gasteiger charge is 2.34. The quantitative estimate of drug-likeness (QED) is 0.622. The van der Waals surface area contributed by atoms with E-state index in [1.165, 1.54) is 24.0 Å². The van der Waals surface area contributed by atoms with E-state index in [9.17, 15) is 22.4 Å². The summed E-state index contributed by atoms with van der Waals surface area (Å²) in [6.45, 7) is 0. The molecule has 0 aliphatic carbocycles. The topological polar surface area (TPSA) is 34.9 Å². The fraction of sp³-hybridized carbons (Fsp3) is 0.167. The van der Waals surface area contributed by atoms with Crippen molar-refractivity contribution in [2.45, 2.75) is 6.18 Å². The first-order valence-corrected chi connectivity index (χ1v) is 5.20. The molecule has 2 rings (SSSR count). The first-order chi connectivity index (χ1) is 8.80. The number of halogens is 4. The molecule has 0 aliphatic rings. The summed E-state index contributed by atoms with van der Waals surface area (Å²) >= 11 is 0. The largest absolute Gasteiger partial charge is 0.419 e. The van der Waals surface area contributed by atoms with Crippen molar-refractivity contribution in [1.82, 2.24) is 9.78 Å². The molecule has 100 valence electrons. The monoisotopic (exact) mass is 272 g/mol. The normalized spacial score (nSPS) is 11.6. The van der Waals surface area contributed by atoms with Crippen molar-refractivity contribution in [2.75, 3.05) is 0 Å². The molecular formula is C12H8F4N2O. The van der Waals surface area contributed by atoms with Crippen LogP contribution in [-0.2, 0) is 13.2 Å². The predicted molar refractivity (Wildman–Crippen MR) is 58.0 cm³/mol. The summed E-state index contributed by atoms with van der Waals surface area (Å²) in [7, 11) is 1.49. The van der Waals surface area contributed by atoms with Crippen LogP contribution in [0.2, 0.25) is 0 Å². The maximum Gasteiger partial charge on any atom is 0.419 e. The first-order valence-electron chi connectivity index (χ1n) is 5.20. The summed E-state index contributed by atoms with van der Waals surface area (Å²) in [5.74, 6) is -2.06. The minimum absolute atomic E-state index is 0.125. The molecule has 0 radical (unpaired) electrons. The molecule has 2 aromatic rings. The van der Waals surface area contributed by atoms with Gasteiger partial charge in [-0.2, -0.15) is 18.3 Å². The number of aromatic nitrogens is 2. The molecule has 0 fully saturated rings. The van der Waals surface area contributed by atoms with Crippen LogP contribution < -0.4 is 0 Å². The van der Waals surface area contributed by atoms with Gasteiger partial charge in [-0.1, -0.05) is 0 Å². The maximum absolute atomic E-state index is 13.1. The molecule has 0 saturated heterocycles. The Kier molecular flexibility index (Phi) is 3.13. The molecule has 0 bridgehead atoms. The van der Waals surface area contributed by atoms with Gasteiger partial charge in [0.05, 0.1) is 5.56 Å². The predicted octanol–water partition coefficient (Wildman–Crippen LogP) is 2.81. The number of hydrogen-bond acceptors (Lipinski definition) is 2. The van der Waals surface area contributed by atoms with Gasteiger partial charge in [-0.25, -0.2) is 4.39 Å². The second-order valence-electron chi connectivity index (χ2n) is 3.86. The minimum Gasteiger partial charge on any atom is -0.287 e. The second kappa shape index (κ2) is 4.49. The number of benzene rings is 1. The van der Waals surface area contributed by atoms with Gasteiger partial charge in [0.25, 0.3) is 0 Å². The molecule has 0 N–H and O–H groups in total. The molecule has 19 heavy (non-hydrogen) atoms. The van der Waals surface area contributed by atoms with E-state index >= 15 is 0 Å². The van der Waals surface area contributed by atoms with E-state index in [0.717, 1.165) is 6.07 Å². The molecule has 0 unspecified atom stereocenters. The van der Waals surface area contributed by atoms with E-state index in [1.807, 2.05) is 0 Å². The summed E-state index contributed by atoms with van der Waals surface area (Å²) < 4.78 is 52.0. The van der Waals surface area contributed by atoms with E-state index in [4.69, 9.17) is 0 Å². The molecule has 7 heteroatoms. The lowest BCUT2D eigenvalue weighted by atomic mass is 10.0. The van der Waals surface area contributed by atoms with Gasteiger partial charge in [0, 0.05) is 18.8 Å². The summed E-state index contributed by atoms with van der Waals surface area (Å²) in [4.78, 5) is 12.0. The Bertz CT molecular complexity index is 631. The molecule has 1 aromatic heterocycles. The van der Waals surface area contributed by atoms with Gasteiger partial charge in [-0.3, -0.25) is 9.48 Å². The van der Waals surface area contributed by atoms with Crippen LogP contribution in [0.15, 0.2) is 30.5 Å². The highest BCUT2D eigenvalue weighted by molar-refractivity contribution is 6.07. The maximum atomic E-state index is 13.1. The summed E-state index contributed by atoms with van der Waals surface area (Å²) in [5, 5.41) is 3.75. The molecular weight excluding hydrogens is 264 g/mol. The molecule has 1 aromatic carbocycles. The molecule has 0 atom stereocenters. The Hall–Kier alpha value is -2.18. The Morgan fingerprint density at radius 2 is 1.95 bits per heavy atom. The number of rotatable bonds is 2. The number of carbonyl (C=O) groups excluding carboxylic acids is 1. The van der Waals surface area contributed by atoms with Gasteiger partial charge >= 0.3 is 6.18 Å². The van der Waals surface area contributed by atoms with Crippen molar-refractivity contribution in [2.24, 2.45) is 7.05 Å². The summed E-state index contributed by atoms with van der Waals surface area (Å²) in [6.07, 6.45) is -3.49. The van der Waals surface area contributed by atoms with E-state index in [1.54, 1.807) is 0 Å². The Morgan fingerprint density at radius 3 is 2.47 bits per heavy atom. The van der Waals surface area contributed by atoms with Crippen LogP contribution in [-0.4, -0.2) is 15.6 Å². The SMILES string of the molecule is Cn1nccc1C(=O)c1ccc(F)c(C(F)(F)F)c1. The number of hydrogen-bond donors (Lipinski definition) is 0. The van der Waals surface area contributed by atoms with Gasteiger partial charge in [0.15, 0.2) is 0 Å². The van der Waals surface area contributed by atoms with Crippen LogP contribution >= 0.6 is 0 Å². The van der Waals surface area contributed by atoms with Crippen LogP contribution in [0.25, 0.3) is 0 Å². The third-order valence-corrected chi connectivity index (χ3v) is 2.59. The average Bonchev–Trinajstić information content (AvgIpc) is 2.73. The van der Waals surface area contributed by atoms with Crippen LogP contribution in [0.5, 0.6) is 0 Å². The fourth-order valence-corrected chi connectivity index (χ4v) is 1.63. The lowest BCUT2D eigenvalue weighted by Gasteiger charge is -2.09. The third kappa shape index (κ3) is 2.49. The van der Waals surface area contributed by atoms with Gasteiger partial charge in [-0.05, 0) is 24.3 Å².